The minimum atomic E-state index is -1.81. The maximum Gasteiger partial charge on any atom is 0.337 e. The molecule has 0 spiro atoms. The second-order valence-corrected chi connectivity index (χ2v) is 8.59. The van der Waals surface area contributed by atoms with E-state index in [1.54, 1.807) is 6.07 Å². The van der Waals surface area contributed by atoms with Crippen molar-refractivity contribution in [1.29, 1.82) is 0 Å². The summed E-state index contributed by atoms with van der Waals surface area (Å²) < 4.78 is 11.3. The van der Waals surface area contributed by atoms with Gasteiger partial charge in [-0.15, -0.1) is 0 Å². The first-order chi connectivity index (χ1) is 10.4. The minimum Gasteiger partial charge on any atom is -0.478 e. The van der Waals surface area contributed by atoms with E-state index in [0.29, 0.717) is 6.54 Å². The van der Waals surface area contributed by atoms with E-state index in [1.807, 2.05) is 0 Å². The molecule has 0 atom stereocenters. The Morgan fingerprint density at radius 1 is 1.36 bits per heavy atom. The van der Waals surface area contributed by atoms with Gasteiger partial charge in [-0.3, -0.25) is 9.88 Å². The van der Waals surface area contributed by atoms with E-state index in [1.165, 1.54) is 18.5 Å². The number of aromatic carboxylic acids is 1. The lowest BCUT2D eigenvalue weighted by atomic mass is 10.3. The zero-order valence-electron chi connectivity index (χ0n) is 13.1. The molecule has 0 saturated carbocycles. The summed E-state index contributed by atoms with van der Waals surface area (Å²) in [6.45, 7) is 8.30. The maximum atomic E-state index is 10.2. The smallest absolute Gasteiger partial charge is 0.337 e. The molecule has 0 amide bonds. The van der Waals surface area contributed by atoms with Crippen LogP contribution in [0.2, 0.25) is 13.1 Å². The summed E-state index contributed by atoms with van der Waals surface area (Å²) in [7, 11) is -1.81. The molecule has 2 rings (SSSR count). The van der Waals surface area contributed by atoms with Crippen LogP contribution in [0.15, 0.2) is 24.5 Å². The lowest BCUT2D eigenvalue weighted by Gasteiger charge is -2.30. The SMILES string of the molecule is C[Si]1(C)OCCN(CCO)CCO1.O=C(O)c1cccnc1. The Balaban J connectivity index is 0.000000235. The molecule has 0 radical (unpaired) electrons. The lowest BCUT2D eigenvalue weighted by molar-refractivity contribution is 0.0696. The lowest BCUT2D eigenvalue weighted by Crippen LogP contribution is -2.44. The van der Waals surface area contributed by atoms with Crippen LogP contribution in [-0.2, 0) is 8.85 Å². The monoisotopic (exact) mass is 328 g/mol. The summed E-state index contributed by atoms with van der Waals surface area (Å²) >= 11 is 0. The molecular formula is C14H24N2O5Si. The molecule has 0 bridgehead atoms. The maximum absolute atomic E-state index is 10.2. The first-order valence-electron chi connectivity index (χ1n) is 7.19. The van der Waals surface area contributed by atoms with Gasteiger partial charge in [-0.1, -0.05) is 0 Å². The van der Waals surface area contributed by atoms with Gasteiger partial charge in [0.15, 0.2) is 0 Å². The van der Waals surface area contributed by atoms with Gasteiger partial charge in [0.25, 0.3) is 0 Å². The number of hydrogen-bond acceptors (Lipinski definition) is 6. The topological polar surface area (TPSA) is 92.1 Å². The van der Waals surface area contributed by atoms with Crippen molar-refractivity contribution in [2.24, 2.45) is 0 Å². The van der Waals surface area contributed by atoms with Crippen LogP contribution in [0, 0.1) is 0 Å². The van der Waals surface area contributed by atoms with E-state index < -0.39 is 14.5 Å². The van der Waals surface area contributed by atoms with E-state index in [-0.39, 0.29) is 12.2 Å². The number of rotatable bonds is 3. The fourth-order valence-corrected chi connectivity index (χ4v) is 3.10. The number of nitrogens with zero attached hydrogens (tertiary/aromatic N) is 2. The molecular weight excluding hydrogens is 304 g/mol. The highest BCUT2D eigenvalue weighted by Gasteiger charge is 2.26. The molecule has 1 aromatic rings. The number of pyridine rings is 1. The van der Waals surface area contributed by atoms with Crippen molar-refractivity contribution >= 4 is 14.5 Å². The van der Waals surface area contributed by atoms with E-state index >= 15 is 0 Å². The molecule has 1 fully saturated rings. The molecule has 2 N–H and O–H groups in total. The second-order valence-electron chi connectivity index (χ2n) is 5.21. The van der Waals surface area contributed by atoms with E-state index in [4.69, 9.17) is 19.1 Å². The minimum absolute atomic E-state index is 0.209. The van der Waals surface area contributed by atoms with E-state index in [9.17, 15) is 4.79 Å². The molecule has 8 heteroatoms. The first kappa shape index (κ1) is 18.7. The van der Waals surface area contributed by atoms with E-state index in [0.717, 1.165) is 26.3 Å². The Morgan fingerprint density at radius 2 is 2.00 bits per heavy atom. The third-order valence-electron chi connectivity index (χ3n) is 3.04. The zero-order chi connectivity index (χ0) is 16.4. The predicted molar refractivity (Wildman–Crippen MR) is 84.1 cm³/mol. The van der Waals surface area contributed by atoms with Crippen LogP contribution in [0.3, 0.4) is 0 Å². The Labute approximate surface area is 131 Å². The second kappa shape index (κ2) is 9.64. The van der Waals surface area contributed by atoms with Crippen LogP contribution in [0.5, 0.6) is 0 Å². The Hall–Kier alpha value is -1.32. The summed E-state index contributed by atoms with van der Waals surface area (Å²) in [4.78, 5) is 15.9. The third kappa shape index (κ3) is 7.62. The number of carboxylic acid groups (broad SMARTS) is 1. The average molecular weight is 328 g/mol. The molecule has 7 nitrogen and oxygen atoms in total. The van der Waals surface area contributed by atoms with Gasteiger partial charge in [0.2, 0.25) is 0 Å². The van der Waals surface area contributed by atoms with Crippen molar-refractivity contribution in [2.75, 3.05) is 39.5 Å². The van der Waals surface area contributed by atoms with Gasteiger partial charge in [0, 0.05) is 45.2 Å². The molecule has 1 aliphatic heterocycles. The van der Waals surface area contributed by atoms with Crippen LogP contribution < -0.4 is 0 Å². The largest absolute Gasteiger partial charge is 0.478 e. The Morgan fingerprint density at radius 3 is 2.41 bits per heavy atom. The molecule has 0 unspecified atom stereocenters. The Bertz CT molecular complexity index is 432. The number of hydrogen-bond donors (Lipinski definition) is 2. The molecule has 1 aromatic heterocycles. The van der Waals surface area contributed by atoms with Gasteiger partial charge < -0.3 is 19.1 Å². The molecule has 124 valence electrons. The number of aromatic nitrogens is 1. The van der Waals surface area contributed by atoms with Gasteiger partial charge in [-0.25, -0.2) is 4.79 Å². The van der Waals surface area contributed by atoms with Crippen molar-refractivity contribution in [3.63, 3.8) is 0 Å². The number of β-amino-alcohol motifs (C(OH)–C–C–N with tert-alkyl or cyclic N) is 1. The van der Waals surface area contributed by atoms with E-state index in [2.05, 4.69) is 23.0 Å². The van der Waals surface area contributed by atoms with Crippen molar-refractivity contribution in [3.05, 3.63) is 30.1 Å². The average Bonchev–Trinajstić information content (AvgIpc) is 2.47. The number of carbonyl (C=O) groups is 1. The summed E-state index contributed by atoms with van der Waals surface area (Å²) in [6, 6.07) is 3.08. The van der Waals surface area contributed by atoms with Crippen molar-refractivity contribution in [2.45, 2.75) is 13.1 Å². The van der Waals surface area contributed by atoms with Crippen LogP contribution in [0.25, 0.3) is 0 Å². The van der Waals surface area contributed by atoms with Gasteiger partial charge in [0.1, 0.15) is 0 Å². The highest BCUT2D eigenvalue weighted by molar-refractivity contribution is 6.64. The van der Waals surface area contributed by atoms with Gasteiger partial charge in [-0.2, -0.15) is 0 Å². The molecule has 1 aliphatic rings. The number of aliphatic hydroxyl groups is 1. The van der Waals surface area contributed by atoms with Crippen molar-refractivity contribution in [3.8, 4) is 0 Å². The first-order valence-corrected chi connectivity index (χ1v) is 10.0. The molecule has 22 heavy (non-hydrogen) atoms. The standard InChI is InChI=1S/C8H19NO3Si.C6H5NO2/c1-13(2)11-7-4-9(3-6-10)5-8-12-13;8-6(9)5-2-1-3-7-4-5/h10H,3-8H2,1-2H3;1-4H,(H,8,9). The van der Waals surface area contributed by atoms with Gasteiger partial charge in [-0.05, 0) is 25.2 Å². The van der Waals surface area contributed by atoms with Crippen LogP contribution >= 0.6 is 0 Å². The van der Waals surface area contributed by atoms with Gasteiger partial charge >= 0.3 is 14.5 Å². The molecule has 2 heterocycles. The highest BCUT2D eigenvalue weighted by Crippen LogP contribution is 2.08. The molecule has 0 aliphatic carbocycles. The van der Waals surface area contributed by atoms with Crippen molar-refractivity contribution < 1.29 is 23.9 Å². The zero-order valence-corrected chi connectivity index (χ0v) is 14.1. The normalized spacial score (nSPS) is 18.5. The third-order valence-corrected chi connectivity index (χ3v) is 4.84. The van der Waals surface area contributed by atoms with Crippen LogP contribution in [0.1, 0.15) is 10.4 Å². The molecule has 1 saturated heterocycles. The number of aliphatic hydroxyl groups excluding tert-OH is 1. The molecule has 0 aromatic carbocycles. The summed E-state index contributed by atoms with van der Waals surface area (Å²) in [6.07, 6.45) is 2.84. The van der Waals surface area contributed by atoms with Crippen LogP contribution in [-0.4, -0.2) is 74.1 Å². The Kier molecular flexibility index (Phi) is 8.21. The quantitative estimate of drug-likeness (QED) is 0.793. The summed E-state index contributed by atoms with van der Waals surface area (Å²) in [5.74, 6) is -0.942. The fraction of sp³-hybridized carbons (Fsp3) is 0.571. The van der Waals surface area contributed by atoms with Gasteiger partial charge in [0.05, 0.1) is 12.2 Å². The number of carboxylic acids is 1. The van der Waals surface area contributed by atoms with Crippen LogP contribution in [0.4, 0.5) is 0 Å². The predicted octanol–water partition coefficient (Wildman–Crippen LogP) is 0.809. The van der Waals surface area contributed by atoms with Crippen molar-refractivity contribution in [1.82, 2.24) is 9.88 Å². The highest BCUT2D eigenvalue weighted by atomic mass is 28.4. The summed E-state index contributed by atoms with van der Waals surface area (Å²) in [5, 5.41) is 17.1. The summed E-state index contributed by atoms with van der Waals surface area (Å²) in [5.41, 5.74) is 0.220. The fourth-order valence-electron chi connectivity index (χ4n) is 1.85.